The number of nitrogens with one attached hydrogen (secondary N) is 2. The molecule has 1 amide bonds. The molecule has 2 N–H and O–H groups in total. The maximum Gasteiger partial charge on any atom is 0.233 e. The molecular formula is C17H19N3O. The monoisotopic (exact) mass is 281 g/mol. The summed E-state index contributed by atoms with van der Waals surface area (Å²) in [5, 5.41) is 6.34. The van der Waals surface area contributed by atoms with E-state index in [4.69, 9.17) is 0 Å². The standard InChI is InChI=1S/C17H19N3O/c1-20(2)16-10-6-5-9-15(16)19-17(21)13-11-18-14-8-4-3-7-12(13)14/h3-10,13,18H,11H2,1-2H3,(H,19,21). The van der Waals surface area contributed by atoms with E-state index in [1.165, 1.54) is 0 Å². The van der Waals surface area contributed by atoms with Crippen molar-refractivity contribution in [1.29, 1.82) is 0 Å². The number of rotatable bonds is 3. The maximum atomic E-state index is 12.6. The molecule has 0 spiro atoms. The van der Waals surface area contributed by atoms with Crippen LogP contribution in [0.15, 0.2) is 48.5 Å². The average molecular weight is 281 g/mol. The summed E-state index contributed by atoms with van der Waals surface area (Å²) in [7, 11) is 3.94. The summed E-state index contributed by atoms with van der Waals surface area (Å²) in [4.78, 5) is 14.6. The van der Waals surface area contributed by atoms with Gasteiger partial charge in [-0.15, -0.1) is 0 Å². The van der Waals surface area contributed by atoms with Crippen molar-refractivity contribution in [3.05, 3.63) is 54.1 Å². The van der Waals surface area contributed by atoms with Gasteiger partial charge in [-0.25, -0.2) is 0 Å². The SMILES string of the molecule is CN(C)c1ccccc1NC(=O)C1CNc2ccccc21. The number of fused-ring (bicyclic) bond motifs is 1. The Bertz CT molecular complexity index is 667. The second-order valence-electron chi connectivity index (χ2n) is 5.42. The highest BCUT2D eigenvalue weighted by atomic mass is 16.1. The van der Waals surface area contributed by atoms with Crippen LogP contribution in [0.3, 0.4) is 0 Å². The third-order valence-corrected chi connectivity index (χ3v) is 3.79. The van der Waals surface area contributed by atoms with Crippen LogP contribution in [0.4, 0.5) is 17.1 Å². The molecule has 1 aliphatic rings. The van der Waals surface area contributed by atoms with Crippen molar-refractivity contribution in [1.82, 2.24) is 0 Å². The highest BCUT2D eigenvalue weighted by Gasteiger charge is 2.28. The lowest BCUT2D eigenvalue weighted by molar-refractivity contribution is -0.117. The summed E-state index contributed by atoms with van der Waals surface area (Å²) >= 11 is 0. The predicted octanol–water partition coefficient (Wildman–Crippen LogP) is 2.90. The number of anilines is 3. The fraction of sp³-hybridized carbons (Fsp3) is 0.235. The molecule has 108 valence electrons. The van der Waals surface area contributed by atoms with Crippen molar-refractivity contribution in [3.8, 4) is 0 Å². The highest BCUT2D eigenvalue weighted by Crippen LogP contribution is 2.33. The number of amides is 1. The quantitative estimate of drug-likeness (QED) is 0.909. The lowest BCUT2D eigenvalue weighted by atomic mass is 10.0. The van der Waals surface area contributed by atoms with Gasteiger partial charge in [0.15, 0.2) is 0 Å². The summed E-state index contributed by atoms with van der Waals surface area (Å²) in [5.74, 6) is -0.113. The van der Waals surface area contributed by atoms with E-state index in [0.29, 0.717) is 6.54 Å². The van der Waals surface area contributed by atoms with Gasteiger partial charge in [0.1, 0.15) is 0 Å². The maximum absolute atomic E-state index is 12.6. The smallest absolute Gasteiger partial charge is 0.233 e. The first kappa shape index (κ1) is 13.5. The number of hydrogen-bond donors (Lipinski definition) is 2. The Kier molecular flexibility index (Phi) is 3.52. The Morgan fingerprint density at radius 2 is 1.86 bits per heavy atom. The molecule has 4 heteroatoms. The molecule has 2 aromatic rings. The molecule has 0 radical (unpaired) electrons. The van der Waals surface area contributed by atoms with E-state index in [1.54, 1.807) is 0 Å². The zero-order valence-electron chi connectivity index (χ0n) is 12.3. The molecule has 21 heavy (non-hydrogen) atoms. The first-order valence-electron chi connectivity index (χ1n) is 7.07. The molecule has 0 aromatic heterocycles. The van der Waals surface area contributed by atoms with Crippen molar-refractivity contribution in [2.75, 3.05) is 36.2 Å². The van der Waals surface area contributed by atoms with Gasteiger partial charge in [0, 0.05) is 26.3 Å². The Morgan fingerprint density at radius 3 is 2.67 bits per heavy atom. The van der Waals surface area contributed by atoms with E-state index in [1.807, 2.05) is 67.5 Å². The van der Waals surface area contributed by atoms with Crippen LogP contribution in [0.2, 0.25) is 0 Å². The number of para-hydroxylation sites is 3. The Morgan fingerprint density at radius 1 is 1.14 bits per heavy atom. The molecule has 1 heterocycles. The number of benzene rings is 2. The molecule has 3 rings (SSSR count). The zero-order chi connectivity index (χ0) is 14.8. The molecule has 1 unspecified atom stereocenters. The van der Waals surface area contributed by atoms with Crippen molar-refractivity contribution in [2.45, 2.75) is 5.92 Å². The van der Waals surface area contributed by atoms with Gasteiger partial charge in [-0.2, -0.15) is 0 Å². The van der Waals surface area contributed by atoms with Crippen molar-refractivity contribution < 1.29 is 4.79 Å². The van der Waals surface area contributed by atoms with Crippen molar-refractivity contribution >= 4 is 23.0 Å². The predicted molar refractivity (Wildman–Crippen MR) is 87.1 cm³/mol. The highest BCUT2D eigenvalue weighted by molar-refractivity contribution is 6.00. The zero-order valence-corrected chi connectivity index (χ0v) is 12.3. The molecular weight excluding hydrogens is 262 g/mol. The normalized spacial score (nSPS) is 16.0. The van der Waals surface area contributed by atoms with Gasteiger partial charge >= 0.3 is 0 Å². The van der Waals surface area contributed by atoms with Crippen molar-refractivity contribution in [3.63, 3.8) is 0 Å². The van der Waals surface area contributed by atoms with Crippen LogP contribution in [0.25, 0.3) is 0 Å². The second kappa shape index (κ2) is 5.48. The summed E-state index contributed by atoms with van der Waals surface area (Å²) in [6, 6.07) is 15.8. The van der Waals surface area contributed by atoms with E-state index < -0.39 is 0 Å². The Labute approximate surface area is 124 Å². The van der Waals surface area contributed by atoms with Gasteiger partial charge in [-0.05, 0) is 23.8 Å². The molecule has 0 bridgehead atoms. The van der Waals surface area contributed by atoms with Crippen LogP contribution in [-0.4, -0.2) is 26.5 Å². The van der Waals surface area contributed by atoms with Crippen LogP contribution >= 0.6 is 0 Å². The minimum atomic E-state index is -0.142. The van der Waals surface area contributed by atoms with Gasteiger partial charge in [0.2, 0.25) is 5.91 Å². The Balaban J connectivity index is 1.82. The van der Waals surface area contributed by atoms with E-state index in [9.17, 15) is 4.79 Å². The van der Waals surface area contributed by atoms with Gasteiger partial charge < -0.3 is 15.5 Å². The first-order chi connectivity index (χ1) is 10.2. The van der Waals surface area contributed by atoms with E-state index in [0.717, 1.165) is 22.6 Å². The van der Waals surface area contributed by atoms with Crippen LogP contribution in [0, 0.1) is 0 Å². The van der Waals surface area contributed by atoms with E-state index >= 15 is 0 Å². The van der Waals surface area contributed by atoms with Crippen LogP contribution in [0.5, 0.6) is 0 Å². The fourth-order valence-corrected chi connectivity index (χ4v) is 2.71. The summed E-state index contributed by atoms with van der Waals surface area (Å²) < 4.78 is 0. The van der Waals surface area contributed by atoms with Gasteiger partial charge in [-0.1, -0.05) is 30.3 Å². The molecule has 1 aliphatic heterocycles. The van der Waals surface area contributed by atoms with Crippen molar-refractivity contribution in [2.24, 2.45) is 0 Å². The molecule has 2 aromatic carbocycles. The van der Waals surface area contributed by atoms with E-state index in [-0.39, 0.29) is 11.8 Å². The third kappa shape index (κ3) is 2.57. The second-order valence-corrected chi connectivity index (χ2v) is 5.42. The van der Waals surface area contributed by atoms with Gasteiger partial charge in [0.05, 0.1) is 17.3 Å². The van der Waals surface area contributed by atoms with Gasteiger partial charge in [-0.3, -0.25) is 4.79 Å². The average Bonchev–Trinajstić information content (AvgIpc) is 2.91. The summed E-state index contributed by atoms with van der Waals surface area (Å²) in [5.41, 5.74) is 3.97. The van der Waals surface area contributed by atoms with E-state index in [2.05, 4.69) is 10.6 Å². The number of carbonyl (C=O) groups excluding carboxylic acids is 1. The molecule has 0 saturated carbocycles. The minimum Gasteiger partial charge on any atom is -0.384 e. The number of hydrogen-bond acceptors (Lipinski definition) is 3. The Hall–Kier alpha value is -2.49. The molecule has 1 atom stereocenters. The molecule has 0 fully saturated rings. The topological polar surface area (TPSA) is 44.4 Å². The van der Waals surface area contributed by atoms with Crippen LogP contribution < -0.4 is 15.5 Å². The van der Waals surface area contributed by atoms with Crippen LogP contribution in [0.1, 0.15) is 11.5 Å². The number of carbonyl (C=O) groups is 1. The summed E-state index contributed by atoms with van der Waals surface area (Å²) in [6.45, 7) is 0.648. The minimum absolute atomic E-state index is 0.0294. The fourth-order valence-electron chi connectivity index (χ4n) is 2.71. The molecule has 0 aliphatic carbocycles. The number of nitrogens with zero attached hydrogens (tertiary/aromatic N) is 1. The molecule has 0 saturated heterocycles. The summed E-state index contributed by atoms with van der Waals surface area (Å²) in [6.07, 6.45) is 0. The largest absolute Gasteiger partial charge is 0.384 e. The lowest BCUT2D eigenvalue weighted by Gasteiger charge is -2.19. The first-order valence-corrected chi connectivity index (χ1v) is 7.07. The van der Waals surface area contributed by atoms with Gasteiger partial charge in [0.25, 0.3) is 0 Å². The third-order valence-electron chi connectivity index (χ3n) is 3.79. The lowest BCUT2D eigenvalue weighted by Crippen LogP contribution is -2.23. The molecule has 4 nitrogen and oxygen atoms in total. The van der Waals surface area contributed by atoms with Crippen LogP contribution in [-0.2, 0) is 4.79 Å².